The normalized spacial score (nSPS) is 16.6. The zero-order chi connectivity index (χ0) is 19.3. The lowest BCUT2D eigenvalue weighted by Crippen LogP contribution is -2.28. The van der Waals surface area contributed by atoms with Crippen LogP contribution in [0.1, 0.15) is 56.3 Å². The molecule has 1 amide bonds. The number of benzene rings is 1. The maximum atomic E-state index is 12.5. The maximum Gasteiger partial charge on any atom is 0.224 e. The van der Waals surface area contributed by atoms with Gasteiger partial charge < -0.3 is 15.2 Å². The average molecular weight is 454 g/mol. The van der Waals surface area contributed by atoms with Gasteiger partial charge in [0.05, 0.1) is 0 Å². The smallest absolute Gasteiger partial charge is 0.224 e. The highest BCUT2D eigenvalue weighted by molar-refractivity contribution is 5.92. The number of fused-ring (bicyclic) bond motifs is 1. The van der Waals surface area contributed by atoms with Crippen LogP contribution in [0.5, 0.6) is 0 Å². The third-order valence-corrected chi connectivity index (χ3v) is 6.12. The summed E-state index contributed by atoms with van der Waals surface area (Å²) in [4.78, 5) is 12.5. The molecule has 8 heteroatoms. The molecule has 0 spiro atoms. The van der Waals surface area contributed by atoms with Gasteiger partial charge in [0.15, 0.2) is 5.82 Å². The van der Waals surface area contributed by atoms with Crippen LogP contribution >= 0.6 is 24.8 Å². The SMILES string of the molecule is Cc1ccc(-c2nnc3n2CCCCC3)cc1NC(=O)CCC1CCNCC1.Cl.Cl. The molecule has 1 fully saturated rings. The zero-order valence-electron chi connectivity index (χ0n) is 17.7. The molecule has 2 aliphatic heterocycles. The van der Waals surface area contributed by atoms with Gasteiger partial charge in [0.1, 0.15) is 5.82 Å². The van der Waals surface area contributed by atoms with E-state index in [2.05, 4.69) is 43.6 Å². The molecule has 0 bridgehead atoms. The number of hydrogen-bond acceptors (Lipinski definition) is 4. The fraction of sp³-hybridized carbons (Fsp3) is 0.591. The minimum absolute atomic E-state index is 0. The van der Waals surface area contributed by atoms with Gasteiger partial charge in [-0.2, -0.15) is 0 Å². The zero-order valence-corrected chi connectivity index (χ0v) is 19.3. The van der Waals surface area contributed by atoms with Crippen LogP contribution in [0.4, 0.5) is 5.69 Å². The van der Waals surface area contributed by atoms with Crippen LogP contribution in [0.15, 0.2) is 18.2 Å². The topological polar surface area (TPSA) is 71.8 Å². The Morgan fingerprint density at radius 3 is 2.77 bits per heavy atom. The first-order valence-corrected chi connectivity index (χ1v) is 10.7. The van der Waals surface area contributed by atoms with E-state index in [1.807, 2.05) is 6.92 Å². The van der Waals surface area contributed by atoms with E-state index < -0.39 is 0 Å². The summed E-state index contributed by atoms with van der Waals surface area (Å²) in [5.41, 5.74) is 2.99. The molecule has 2 aromatic rings. The lowest BCUT2D eigenvalue weighted by atomic mass is 9.93. The lowest BCUT2D eigenvalue weighted by Gasteiger charge is -2.22. The summed E-state index contributed by atoms with van der Waals surface area (Å²) in [6.45, 7) is 5.17. The van der Waals surface area contributed by atoms with Gasteiger partial charge in [-0.1, -0.05) is 18.6 Å². The second-order valence-electron chi connectivity index (χ2n) is 8.21. The molecule has 0 saturated carbocycles. The largest absolute Gasteiger partial charge is 0.326 e. The number of nitrogens with zero attached hydrogens (tertiary/aromatic N) is 3. The van der Waals surface area contributed by atoms with Gasteiger partial charge in [0, 0.05) is 30.6 Å². The molecule has 1 aromatic heterocycles. The highest BCUT2D eigenvalue weighted by Gasteiger charge is 2.18. The lowest BCUT2D eigenvalue weighted by molar-refractivity contribution is -0.116. The number of nitrogens with one attached hydrogen (secondary N) is 2. The molecule has 0 unspecified atom stereocenters. The Kier molecular flexibility index (Phi) is 9.59. The summed E-state index contributed by atoms with van der Waals surface area (Å²) in [5.74, 6) is 2.78. The molecule has 1 saturated heterocycles. The summed E-state index contributed by atoms with van der Waals surface area (Å²) in [6, 6.07) is 6.21. The summed E-state index contributed by atoms with van der Waals surface area (Å²) < 4.78 is 2.25. The number of halogens is 2. The van der Waals surface area contributed by atoms with E-state index in [0.29, 0.717) is 12.3 Å². The average Bonchev–Trinajstić information content (AvgIpc) is 2.97. The number of rotatable bonds is 5. The molecular formula is C22H33Cl2N5O. The second-order valence-corrected chi connectivity index (χ2v) is 8.21. The monoisotopic (exact) mass is 453 g/mol. The van der Waals surface area contributed by atoms with Crippen LogP contribution < -0.4 is 10.6 Å². The molecule has 0 radical (unpaired) electrons. The highest BCUT2D eigenvalue weighted by atomic mass is 35.5. The van der Waals surface area contributed by atoms with Crippen molar-refractivity contribution in [2.24, 2.45) is 5.92 Å². The van der Waals surface area contributed by atoms with Crippen molar-refractivity contribution < 1.29 is 4.79 Å². The first-order valence-electron chi connectivity index (χ1n) is 10.7. The Morgan fingerprint density at radius 1 is 1.17 bits per heavy atom. The van der Waals surface area contributed by atoms with Crippen molar-refractivity contribution in [3.8, 4) is 11.4 Å². The van der Waals surface area contributed by atoms with Crippen LogP contribution in [0.25, 0.3) is 11.4 Å². The number of hydrogen-bond donors (Lipinski definition) is 2. The molecule has 0 aliphatic carbocycles. The van der Waals surface area contributed by atoms with E-state index in [1.54, 1.807) is 0 Å². The predicted octanol–water partition coefficient (Wildman–Crippen LogP) is 4.54. The molecule has 166 valence electrons. The van der Waals surface area contributed by atoms with Crippen molar-refractivity contribution in [3.63, 3.8) is 0 Å². The first kappa shape index (κ1) is 24.6. The van der Waals surface area contributed by atoms with E-state index in [1.165, 1.54) is 32.1 Å². The first-order chi connectivity index (χ1) is 13.7. The number of carbonyl (C=O) groups excluding carboxylic acids is 1. The van der Waals surface area contributed by atoms with Gasteiger partial charge in [-0.25, -0.2) is 0 Å². The summed E-state index contributed by atoms with van der Waals surface area (Å²) >= 11 is 0. The van der Waals surface area contributed by atoms with E-state index in [9.17, 15) is 4.79 Å². The number of piperidine rings is 1. The van der Waals surface area contributed by atoms with Gasteiger partial charge in [0.25, 0.3) is 0 Å². The van der Waals surface area contributed by atoms with E-state index in [-0.39, 0.29) is 30.7 Å². The van der Waals surface area contributed by atoms with E-state index >= 15 is 0 Å². The minimum Gasteiger partial charge on any atom is -0.326 e. The number of amides is 1. The Morgan fingerprint density at radius 2 is 1.97 bits per heavy atom. The molecule has 3 heterocycles. The van der Waals surface area contributed by atoms with E-state index in [0.717, 1.165) is 60.9 Å². The van der Waals surface area contributed by atoms with Crippen LogP contribution in [0.3, 0.4) is 0 Å². The Hall–Kier alpha value is -1.63. The van der Waals surface area contributed by atoms with Crippen molar-refractivity contribution in [2.75, 3.05) is 18.4 Å². The number of aryl methyl sites for hydroxylation is 2. The van der Waals surface area contributed by atoms with Crippen LogP contribution in [0.2, 0.25) is 0 Å². The molecule has 4 rings (SSSR count). The van der Waals surface area contributed by atoms with Crippen LogP contribution in [0, 0.1) is 12.8 Å². The Bertz CT molecular complexity index is 833. The van der Waals surface area contributed by atoms with Crippen molar-refractivity contribution in [3.05, 3.63) is 29.6 Å². The maximum absolute atomic E-state index is 12.5. The van der Waals surface area contributed by atoms with Crippen LogP contribution in [-0.4, -0.2) is 33.8 Å². The fourth-order valence-electron chi connectivity index (χ4n) is 4.31. The molecule has 1 aromatic carbocycles. The van der Waals surface area contributed by atoms with Gasteiger partial charge in [-0.05, 0) is 69.7 Å². The standard InChI is InChI=1S/C22H31N5O.2ClH/c1-16-6-8-18(22-26-25-20-5-3-2-4-14-27(20)22)15-19(16)24-21(28)9-7-17-10-12-23-13-11-17;;/h6,8,15,17,23H,2-5,7,9-14H2,1H3,(H,24,28);2*1H. The Labute approximate surface area is 191 Å². The molecular weight excluding hydrogens is 421 g/mol. The molecule has 6 nitrogen and oxygen atoms in total. The third-order valence-electron chi connectivity index (χ3n) is 6.12. The van der Waals surface area contributed by atoms with Crippen molar-refractivity contribution in [1.29, 1.82) is 0 Å². The van der Waals surface area contributed by atoms with Crippen molar-refractivity contribution >= 4 is 36.4 Å². The quantitative estimate of drug-likeness (QED) is 0.696. The molecule has 30 heavy (non-hydrogen) atoms. The summed E-state index contributed by atoms with van der Waals surface area (Å²) in [6.07, 6.45) is 8.53. The fourth-order valence-corrected chi connectivity index (χ4v) is 4.31. The van der Waals surface area contributed by atoms with Gasteiger partial charge in [-0.15, -0.1) is 35.0 Å². The Balaban J connectivity index is 0.00000160. The molecule has 2 N–H and O–H groups in total. The van der Waals surface area contributed by atoms with Gasteiger partial charge in [-0.3, -0.25) is 4.79 Å². The number of aromatic nitrogens is 3. The van der Waals surface area contributed by atoms with Gasteiger partial charge >= 0.3 is 0 Å². The summed E-state index contributed by atoms with van der Waals surface area (Å²) in [5, 5.41) is 15.4. The van der Waals surface area contributed by atoms with Crippen molar-refractivity contribution in [1.82, 2.24) is 20.1 Å². The van der Waals surface area contributed by atoms with Crippen molar-refractivity contribution in [2.45, 2.75) is 64.8 Å². The second kappa shape index (κ2) is 11.7. The number of carbonyl (C=O) groups is 1. The highest BCUT2D eigenvalue weighted by Crippen LogP contribution is 2.27. The minimum atomic E-state index is 0. The number of anilines is 1. The van der Waals surface area contributed by atoms with Crippen LogP contribution in [-0.2, 0) is 17.8 Å². The van der Waals surface area contributed by atoms with Gasteiger partial charge in [0.2, 0.25) is 5.91 Å². The predicted molar refractivity (Wildman–Crippen MR) is 126 cm³/mol. The third kappa shape index (κ3) is 5.96. The molecule has 2 aliphatic rings. The summed E-state index contributed by atoms with van der Waals surface area (Å²) in [7, 11) is 0. The molecule has 0 atom stereocenters. The van der Waals surface area contributed by atoms with E-state index in [4.69, 9.17) is 0 Å².